The molecule has 0 saturated heterocycles. The molecule has 42 heavy (non-hydrogen) atoms. The molecule has 5 aromatic rings. The number of nitrogens with zero attached hydrogens (tertiary/aromatic N) is 4. The van der Waals surface area contributed by atoms with E-state index in [0.29, 0.717) is 18.0 Å². The quantitative estimate of drug-likeness (QED) is 0.212. The first-order chi connectivity index (χ1) is 20.3. The lowest BCUT2D eigenvalue weighted by molar-refractivity contribution is 0.413. The van der Waals surface area contributed by atoms with Gasteiger partial charge in [-0.05, 0) is 75.5 Å². The van der Waals surface area contributed by atoms with Gasteiger partial charge in [0.25, 0.3) is 0 Å². The summed E-state index contributed by atoms with van der Waals surface area (Å²) >= 11 is 0. The molecular weight excluding hydrogens is 531 g/mol. The Morgan fingerprint density at radius 3 is 2.62 bits per heavy atom. The van der Waals surface area contributed by atoms with Crippen molar-refractivity contribution in [2.24, 2.45) is 5.73 Å². The summed E-state index contributed by atoms with van der Waals surface area (Å²) in [5.41, 5.74) is 13.3. The molecule has 0 spiro atoms. The SMILES string of the molecule is COc1cncc(C(/C=c2/c(-c3cc4c(-c5cc(F)cc(NCCN(C)C)c5)cncc4[nH]3)n[nH]c2=C(C)C)=C/N)c1. The highest BCUT2D eigenvalue weighted by molar-refractivity contribution is 5.98. The number of anilines is 1. The first-order valence-corrected chi connectivity index (χ1v) is 13.6. The second-order valence-electron chi connectivity index (χ2n) is 10.5. The van der Waals surface area contributed by atoms with Crippen LogP contribution in [-0.2, 0) is 0 Å². The Kier molecular flexibility index (Phi) is 8.35. The van der Waals surface area contributed by atoms with Crippen LogP contribution in [0, 0.1) is 5.82 Å². The fraction of sp³-hybridized carbons (Fsp3) is 0.219. The van der Waals surface area contributed by atoms with Crippen LogP contribution in [0.4, 0.5) is 10.1 Å². The smallest absolute Gasteiger partial charge is 0.137 e. The summed E-state index contributed by atoms with van der Waals surface area (Å²) in [6.45, 7) is 5.58. The maximum atomic E-state index is 14.7. The largest absolute Gasteiger partial charge is 0.495 e. The molecule has 1 aromatic carbocycles. The molecule has 0 aliphatic rings. The molecule has 216 valence electrons. The average Bonchev–Trinajstić information content (AvgIpc) is 3.59. The van der Waals surface area contributed by atoms with Crippen molar-refractivity contribution in [1.29, 1.82) is 0 Å². The number of halogens is 1. The molecule has 4 heterocycles. The van der Waals surface area contributed by atoms with Gasteiger partial charge < -0.3 is 25.7 Å². The second kappa shape index (κ2) is 12.3. The minimum atomic E-state index is -0.316. The van der Waals surface area contributed by atoms with Crippen LogP contribution >= 0.6 is 0 Å². The van der Waals surface area contributed by atoms with Crippen molar-refractivity contribution in [1.82, 2.24) is 30.0 Å². The zero-order valence-electron chi connectivity index (χ0n) is 24.4. The maximum Gasteiger partial charge on any atom is 0.137 e. The van der Waals surface area contributed by atoms with Crippen molar-refractivity contribution < 1.29 is 9.13 Å². The van der Waals surface area contributed by atoms with E-state index in [0.717, 1.165) is 67.2 Å². The van der Waals surface area contributed by atoms with Crippen molar-refractivity contribution in [2.75, 3.05) is 39.6 Å². The molecule has 0 amide bonds. The van der Waals surface area contributed by atoms with E-state index in [1.54, 1.807) is 38.1 Å². The summed E-state index contributed by atoms with van der Waals surface area (Å²) in [6, 6.07) is 8.89. The highest BCUT2D eigenvalue weighted by Crippen LogP contribution is 2.32. The third-order valence-corrected chi connectivity index (χ3v) is 6.96. The van der Waals surface area contributed by atoms with Crippen LogP contribution in [0.2, 0.25) is 0 Å². The number of rotatable bonds is 9. The number of fused-ring (bicyclic) bond motifs is 1. The molecule has 5 N–H and O–H groups in total. The molecule has 9 nitrogen and oxygen atoms in total. The topological polar surface area (TPSA) is 121 Å². The second-order valence-corrected chi connectivity index (χ2v) is 10.5. The fourth-order valence-electron chi connectivity index (χ4n) is 4.83. The Labute approximate surface area is 243 Å². The minimum Gasteiger partial charge on any atom is -0.495 e. The number of nitrogens with one attached hydrogen (secondary N) is 3. The number of likely N-dealkylation sites (N-methyl/N-ethyl adjacent to an activating group) is 1. The molecule has 4 aromatic heterocycles. The third-order valence-electron chi connectivity index (χ3n) is 6.96. The predicted molar refractivity (Wildman–Crippen MR) is 168 cm³/mol. The van der Waals surface area contributed by atoms with Gasteiger partial charge in [0.2, 0.25) is 0 Å². The monoisotopic (exact) mass is 566 g/mol. The summed E-state index contributed by atoms with van der Waals surface area (Å²) in [7, 11) is 5.61. The highest BCUT2D eigenvalue weighted by Gasteiger charge is 2.15. The normalized spacial score (nSPS) is 12.4. The molecule has 0 radical (unpaired) electrons. The van der Waals surface area contributed by atoms with Gasteiger partial charge in [0.1, 0.15) is 17.3 Å². The number of benzene rings is 1. The molecule has 0 bridgehead atoms. The van der Waals surface area contributed by atoms with Crippen LogP contribution in [0.1, 0.15) is 19.4 Å². The number of allylic oxidation sites excluding steroid dienone is 1. The first kappa shape index (κ1) is 28.6. The number of methoxy groups -OCH3 is 1. The van der Waals surface area contributed by atoms with Crippen molar-refractivity contribution in [3.05, 3.63) is 83.3 Å². The number of hydrogen-bond acceptors (Lipinski definition) is 7. The zero-order valence-corrected chi connectivity index (χ0v) is 24.4. The van der Waals surface area contributed by atoms with E-state index < -0.39 is 0 Å². The molecule has 0 aliphatic heterocycles. The first-order valence-electron chi connectivity index (χ1n) is 13.6. The van der Waals surface area contributed by atoms with Crippen LogP contribution in [0.25, 0.3) is 50.6 Å². The predicted octanol–water partition coefficient (Wildman–Crippen LogP) is 4.11. The van der Waals surface area contributed by atoms with Gasteiger partial charge in [-0.2, -0.15) is 5.10 Å². The van der Waals surface area contributed by atoms with Gasteiger partial charge in [-0.3, -0.25) is 15.1 Å². The van der Waals surface area contributed by atoms with Gasteiger partial charge >= 0.3 is 0 Å². The van der Waals surface area contributed by atoms with Crippen LogP contribution in [0.5, 0.6) is 5.75 Å². The third kappa shape index (κ3) is 6.03. The Balaban J connectivity index is 1.62. The zero-order chi connectivity index (χ0) is 29.8. The molecular formula is C32H35FN8O. The van der Waals surface area contributed by atoms with Crippen LogP contribution in [0.3, 0.4) is 0 Å². The molecule has 0 aliphatic carbocycles. The number of hydrogen-bond donors (Lipinski definition) is 4. The van der Waals surface area contributed by atoms with E-state index in [1.165, 1.54) is 12.1 Å². The van der Waals surface area contributed by atoms with E-state index in [-0.39, 0.29) is 5.82 Å². The van der Waals surface area contributed by atoms with Crippen molar-refractivity contribution in [3.8, 4) is 28.3 Å². The van der Waals surface area contributed by atoms with E-state index in [4.69, 9.17) is 10.5 Å². The highest BCUT2D eigenvalue weighted by atomic mass is 19.1. The molecule has 0 atom stereocenters. The average molecular weight is 567 g/mol. The van der Waals surface area contributed by atoms with Gasteiger partial charge in [-0.25, -0.2) is 4.39 Å². The number of aromatic amines is 2. The summed E-state index contributed by atoms with van der Waals surface area (Å²) in [6.07, 6.45) is 10.4. The fourth-order valence-corrected chi connectivity index (χ4v) is 4.83. The number of nitrogens with two attached hydrogens (primary N) is 1. The lowest BCUT2D eigenvalue weighted by atomic mass is 10.0. The molecule has 5 rings (SSSR count). The summed E-state index contributed by atoms with van der Waals surface area (Å²) < 4.78 is 20.1. The maximum absolute atomic E-state index is 14.7. The molecule has 0 fully saturated rings. The number of pyridine rings is 2. The van der Waals surface area contributed by atoms with E-state index in [1.807, 2.05) is 52.2 Å². The van der Waals surface area contributed by atoms with Gasteiger partial charge in [0.15, 0.2) is 0 Å². The van der Waals surface area contributed by atoms with Crippen molar-refractivity contribution in [2.45, 2.75) is 13.8 Å². The standard InChI is InChI=1S/C32H35FN8O/c1-19(2)31-27(11-21(14-34)22-10-25(42-5)16-35-15-22)32(40-39-31)29-13-26-28(17-36-18-30(26)38-29)20-8-23(33)12-24(9-20)37-6-7-41(3)4/h8-18,37-39H,6-7,34H2,1-5H3/b21-14+,27-11+. The molecule has 0 saturated carbocycles. The Morgan fingerprint density at radius 2 is 1.88 bits per heavy atom. The molecule has 10 heteroatoms. The van der Waals surface area contributed by atoms with Gasteiger partial charge in [-0.15, -0.1) is 0 Å². The van der Waals surface area contributed by atoms with E-state index >= 15 is 0 Å². The number of ether oxygens (including phenoxy) is 1. The van der Waals surface area contributed by atoms with Crippen LogP contribution in [-0.4, -0.2) is 64.3 Å². The van der Waals surface area contributed by atoms with Crippen molar-refractivity contribution >= 4 is 33.8 Å². The van der Waals surface area contributed by atoms with Crippen LogP contribution in [0.15, 0.2) is 61.3 Å². The lowest BCUT2D eigenvalue weighted by Crippen LogP contribution is -2.25. The molecule has 0 unspecified atom stereocenters. The van der Waals surface area contributed by atoms with Gasteiger partial charge in [0, 0.05) is 59.1 Å². The van der Waals surface area contributed by atoms with E-state index in [2.05, 4.69) is 35.4 Å². The number of aromatic nitrogens is 5. The summed E-state index contributed by atoms with van der Waals surface area (Å²) in [5.74, 6) is 0.318. The van der Waals surface area contributed by atoms with Gasteiger partial charge in [-0.1, -0.05) is 5.57 Å². The Hall–Kier alpha value is -4.96. The van der Waals surface area contributed by atoms with E-state index in [9.17, 15) is 4.39 Å². The Bertz CT molecular complexity index is 1880. The number of H-pyrrole nitrogens is 2. The minimum absolute atomic E-state index is 0.316. The van der Waals surface area contributed by atoms with Gasteiger partial charge in [0.05, 0.1) is 36.1 Å². The van der Waals surface area contributed by atoms with Crippen LogP contribution < -0.4 is 26.4 Å². The summed E-state index contributed by atoms with van der Waals surface area (Å²) in [4.78, 5) is 14.3. The Morgan fingerprint density at radius 1 is 1.07 bits per heavy atom. The van der Waals surface area contributed by atoms with Crippen molar-refractivity contribution in [3.63, 3.8) is 0 Å². The summed E-state index contributed by atoms with van der Waals surface area (Å²) in [5, 5.41) is 13.8. The lowest BCUT2D eigenvalue weighted by Gasteiger charge is -2.13.